The van der Waals surface area contributed by atoms with Crippen LogP contribution in [0.4, 0.5) is 4.79 Å². The summed E-state index contributed by atoms with van der Waals surface area (Å²) in [6.45, 7) is 4.40. The summed E-state index contributed by atoms with van der Waals surface area (Å²) in [7, 11) is 1.35. The van der Waals surface area contributed by atoms with Gasteiger partial charge in [-0.1, -0.05) is 13.0 Å². The molecule has 3 N–H and O–H groups in total. The van der Waals surface area contributed by atoms with Gasteiger partial charge in [-0.05, 0) is 25.5 Å². The number of carboxylic acid groups (broad SMARTS) is 1. The third-order valence-electron chi connectivity index (χ3n) is 2.62. The number of benzene rings is 1. The number of phenols is 1. The summed E-state index contributed by atoms with van der Waals surface area (Å²) in [6, 6.07) is 5.03. The second-order valence-electron chi connectivity index (χ2n) is 4.23. The summed E-state index contributed by atoms with van der Waals surface area (Å²) >= 11 is 0. The second kappa shape index (κ2) is 7.58. The molecular formula is C14H21NO6. The van der Waals surface area contributed by atoms with Gasteiger partial charge in [-0.25, -0.2) is 4.79 Å². The van der Waals surface area contributed by atoms with Crippen molar-refractivity contribution in [3.63, 3.8) is 0 Å². The third kappa shape index (κ3) is 4.42. The number of aromatic hydroxyl groups is 1. The first-order valence-electron chi connectivity index (χ1n) is 6.72. The molecule has 0 spiro atoms. The molecule has 1 atom stereocenters. The van der Waals surface area contributed by atoms with Crippen LogP contribution in [0.1, 0.15) is 26.7 Å². The van der Waals surface area contributed by atoms with E-state index < -0.39 is 12.1 Å². The summed E-state index contributed by atoms with van der Waals surface area (Å²) in [5.74, 6) is -0.0912. The number of carbonyl (C=O) groups is 1. The molecular weight excluding hydrogens is 278 g/mol. The Morgan fingerprint density at radius 3 is 2.52 bits per heavy atom. The Bertz CT molecular complexity index is 471. The Balaban J connectivity index is 0.000000383. The third-order valence-corrected chi connectivity index (χ3v) is 2.62. The summed E-state index contributed by atoms with van der Waals surface area (Å²) in [5, 5.41) is 19.2. The maximum absolute atomic E-state index is 9.64. The molecule has 118 valence electrons. The summed E-state index contributed by atoms with van der Waals surface area (Å²) < 4.78 is 16.8. The van der Waals surface area contributed by atoms with Crippen LogP contribution in [-0.2, 0) is 4.74 Å². The first-order chi connectivity index (χ1) is 9.98. The van der Waals surface area contributed by atoms with E-state index >= 15 is 0 Å². The first kappa shape index (κ1) is 16.9. The summed E-state index contributed by atoms with van der Waals surface area (Å²) in [4.78, 5) is 9.26. The van der Waals surface area contributed by atoms with E-state index in [0.29, 0.717) is 24.5 Å². The Labute approximate surface area is 123 Å². The zero-order valence-corrected chi connectivity index (χ0v) is 12.4. The van der Waals surface area contributed by atoms with E-state index in [-0.39, 0.29) is 5.75 Å². The number of amides is 1. The topological polar surface area (TPSA) is 97.3 Å². The highest BCUT2D eigenvalue weighted by Crippen LogP contribution is 2.46. The number of hydrogen-bond acceptors (Lipinski definition) is 5. The van der Waals surface area contributed by atoms with Crippen molar-refractivity contribution in [1.82, 2.24) is 5.32 Å². The minimum absolute atomic E-state index is 0.0789. The fraction of sp³-hybridized carbons (Fsp3) is 0.500. The van der Waals surface area contributed by atoms with E-state index in [9.17, 15) is 9.90 Å². The molecule has 0 aliphatic carbocycles. The zero-order valence-electron chi connectivity index (χ0n) is 12.4. The van der Waals surface area contributed by atoms with Gasteiger partial charge in [-0.15, -0.1) is 0 Å². The van der Waals surface area contributed by atoms with Gasteiger partial charge in [0.15, 0.2) is 11.5 Å². The SMILES string of the molecule is CCCC1(OCC)Oc2cccc(O)c2O1.CNC(=O)O. The van der Waals surface area contributed by atoms with Crippen LogP contribution in [0, 0.1) is 0 Å². The van der Waals surface area contributed by atoms with E-state index in [1.165, 1.54) is 7.05 Å². The molecule has 21 heavy (non-hydrogen) atoms. The quantitative estimate of drug-likeness (QED) is 0.790. The van der Waals surface area contributed by atoms with Crippen LogP contribution in [-0.4, -0.2) is 35.9 Å². The van der Waals surface area contributed by atoms with Crippen LogP contribution >= 0.6 is 0 Å². The van der Waals surface area contributed by atoms with E-state index in [4.69, 9.17) is 19.3 Å². The molecule has 0 aromatic heterocycles. The molecule has 0 saturated heterocycles. The molecule has 0 saturated carbocycles. The number of ether oxygens (including phenoxy) is 3. The molecule has 1 aromatic carbocycles. The van der Waals surface area contributed by atoms with Crippen molar-refractivity contribution in [2.75, 3.05) is 13.7 Å². The van der Waals surface area contributed by atoms with Crippen LogP contribution in [0.15, 0.2) is 18.2 Å². The number of phenolic OH excluding ortho intramolecular Hbond substituents is 1. The average Bonchev–Trinajstić information content (AvgIpc) is 2.80. The molecule has 0 fully saturated rings. The van der Waals surface area contributed by atoms with Crippen molar-refractivity contribution in [3.05, 3.63) is 18.2 Å². The lowest BCUT2D eigenvalue weighted by Gasteiger charge is -2.26. The molecule has 2 rings (SSSR count). The number of nitrogens with one attached hydrogen (secondary N) is 1. The van der Waals surface area contributed by atoms with Crippen LogP contribution < -0.4 is 14.8 Å². The predicted octanol–water partition coefficient (Wildman–Crippen LogP) is 2.54. The van der Waals surface area contributed by atoms with Crippen molar-refractivity contribution < 1.29 is 29.2 Å². The maximum atomic E-state index is 9.64. The lowest BCUT2D eigenvalue weighted by molar-refractivity contribution is -0.283. The molecule has 7 nitrogen and oxygen atoms in total. The van der Waals surface area contributed by atoms with E-state index in [2.05, 4.69) is 0 Å². The van der Waals surface area contributed by atoms with E-state index in [1.807, 2.05) is 19.2 Å². The number of fused-ring (bicyclic) bond motifs is 1. The van der Waals surface area contributed by atoms with Gasteiger partial charge in [0.25, 0.3) is 0 Å². The van der Waals surface area contributed by atoms with Crippen LogP contribution in [0.3, 0.4) is 0 Å². The van der Waals surface area contributed by atoms with Gasteiger partial charge in [0.2, 0.25) is 5.75 Å². The maximum Gasteiger partial charge on any atom is 0.404 e. The molecule has 7 heteroatoms. The molecule has 0 radical (unpaired) electrons. The Morgan fingerprint density at radius 1 is 1.38 bits per heavy atom. The second-order valence-corrected chi connectivity index (χ2v) is 4.23. The highest BCUT2D eigenvalue weighted by molar-refractivity contribution is 5.63. The largest absolute Gasteiger partial charge is 0.504 e. The highest BCUT2D eigenvalue weighted by Gasteiger charge is 2.43. The minimum Gasteiger partial charge on any atom is -0.504 e. The lowest BCUT2D eigenvalue weighted by Crippen LogP contribution is -2.41. The van der Waals surface area contributed by atoms with Crippen molar-refractivity contribution in [3.8, 4) is 17.2 Å². The molecule has 1 unspecified atom stereocenters. The zero-order chi connectivity index (χ0) is 15.9. The van der Waals surface area contributed by atoms with Crippen molar-refractivity contribution >= 4 is 6.09 Å². The van der Waals surface area contributed by atoms with E-state index in [1.54, 1.807) is 18.2 Å². The monoisotopic (exact) mass is 299 g/mol. The molecule has 1 heterocycles. The van der Waals surface area contributed by atoms with Gasteiger partial charge in [-0.3, -0.25) is 0 Å². The van der Waals surface area contributed by atoms with Crippen molar-refractivity contribution in [2.24, 2.45) is 0 Å². The predicted molar refractivity (Wildman–Crippen MR) is 75.7 cm³/mol. The number of rotatable bonds is 4. The van der Waals surface area contributed by atoms with E-state index in [0.717, 1.165) is 6.42 Å². The number of para-hydroxylation sites is 1. The Hall–Kier alpha value is -2.15. The number of hydrogen-bond donors (Lipinski definition) is 3. The van der Waals surface area contributed by atoms with Crippen LogP contribution in [0.25, 0.3) is 0 Å². The van der Waals surface area contributed by atoms with Gasteiger partial charge in [0.05, 0.1) is 13.0 Å². The minimum atomic E-state index is -1.06. The van der Waals surface area contributed by atoms with Crippen LogP contribution in [0.2, 0.25) is 0 Å². The van der Waals surface area contributed by atoms with Crippen molar-refractivity contribution in [1.29, 1.82) is 0 Å². The average molecular weight is 299 g/mol. The van der Waals surface area contributed by atoms with Gasteiger partial charge in [0, 0.05) is 7.05 Å². The lowest BCUT2D eigenvalue weighted by atomic mass is 10.3. The fourth-order valence-electron chi connectivity index (χ4n) is 1.79. The molecule has 1 aliphatic heterocycles. The smallest absolute Gasteiger partial charge is 0.404 e. The fourth-order valence-corrected chi connectivity index (χ4v) is 1.79. The molecule has 1 aliphatic rings. The normalized spacial score (nSPS) is 18.6. The Morgan fingerprint density at radius 2 is 2.05 bits per heavy atom. The van der Waals surface area contributed by atoms with Crippen molar-refractivity contribution in [2.45, 2.75) is 32.7 Å². The van der Waals surface area contributed by atoms with Gasteiger partial charge < -0.3 is 29.7 Å². The highest BCUT2D eigenvalue weighted by atomic mass is 16.9. The van der Waals surface area contributed by atoms with Crippen LogP contribution in [0.5, 0.6) is 17.2 Å². The molecule has 1 amide bonds. The van der Waals surface area contributed by atoms with Gasteiger partial charge >= 0.3 is 12.1 Å². The summed E-state index contributed by atoms with van der Waals surface area (Å²) in [5.41, 5.74) is 0. The van der Waals surface area contributed by atoms with Gasteiger partial charge in [-0.2, -0.15) is 0 Å². The van der Waals surface area contributed by atoms with Gasteiger partial charge in [0.1, 0.15) is 0 Å². The molecule has 0 bridgehead atoms. The summed E-state index contributed by atoms with van der Waals surface area (Å²) in [6.07, 6.45) is 0.494. The standard InChI is InChI=1S/C12H16O4.C2H5NO2/c1-3-8-12(14-4-2)15-10-7-5-6-9(13)11(10)16-12;1-3-2(4)5/h5-7,13H,3-4,8H2,1-2H3;3H,1H3,(H,4,5). The Kier molecular flexibility index (Phi) is 6.10. The first-order valence-corrected chi connectivity index (χ1v) is 6.72. The molecule has 1 aromatic rings.